The molecular formula is C17H18F3N3O4. The summed E-state index contributed by atoms with van der Waals surface area (Å²) in [7, 11) is 0. The van der Waals surface area contributed by atoms with Gasteiger partial charge in [0.15, 0.2) is 0 Å². The van der Waals surface area contributed by atoms with Gasteiger partial charge in [0.2, 0.25) is 0 Å². The van der Waals surface area contributed by atoms with Crippen LogP contribution in [-0.4, -0.2) is 39.2 Å². The molecular weight excluding hydrogens is 367 g/mol. The van der Waals surface area contributed by atoms with E-state index in [0.717, 1.165) is 12.1 Å². The van der Waals surface area contributed by atoms with Crippen molar-refractivity contribution in [2.24, 2.45) is 0 Å². The summed E-state index contributed by atoms with van der Waals surface area (Å²) in [5, 5.41) is 18.4. The Morgan fingerprint density at radius 2 is 1.85 bits per heavy atom. The fraction of sp³-hybridized carbons (Fsp3) is 0.353. The zero-order valence-corrected chi connectivity index (χ0v) is 14.7. The molecule has 1 atom stereocenters. The monoisotopic (exact) mass is 385 g/mol. The molecule has 0 radical (unpaired) electrons. The van der Waals surface area contributed by atoms with E-state index in [4.69, 9.17) is 0 Å². The van der Waals surface area contributed by atoms with E-state index in [-0.39, 0.29) is 11.3 Å². The van der Waals surface area contributed by atoms with Gasteiger partial charge in [-0.15, -0.1) is 13.2 Å². The highest BCUT2D eigenvalue weighted by Crippen LogP contribution is 2.25. The molecule has 0 fully saturated rings. The molecule has 0 unspecified atom stereocenters. The van der Waals surface area contributed by atoms with Crippen molar-refractivity contribution < 1.29 is 27.8 Å². The van der Waals surface area contributed by atoms with Crippen LogP contribution in [-0.2, 0) is 0 Å². The number of benzene rings is 1. The van der Waals surface area contributed by atoms with Gasteiger partial charge < -0.3 is 15.2 Å². The van der Waals surface area contributed by atoms with Crippen LogP contribution in [0.15, 0.2) is 35.1 Å². The van der Waals surface area contributed by atoms with Crippen LogP contribution in [0.25, 0.3) is 11.3 Å². The predicted octanol–water partition coefficient (Wildman–Crippen LogP) is 2.22. The first-order chi connectivity index (χ1) is 12.4. The third-order valence-corrected chi connectivity index (χ3v) is 3.84. The van der Waals surface area contributed by atoms with E-state index in [9.17, 15) is 27.9 Å². The number of aromatic nitrogens is 2. The van der Waals surface area contributed by atoms with Crippen LogP contribution >= 0.6 is 0 Å². The average molecular weight is 385 g/mol. The molecule has 10 heteroatoms. The number of carbonyl (C=O) groups excluding carboxylic acids is 1. The van der Waals surface area contributed by atoms with Gasteiger partial charge in [-0.1, -0.05) is 0 Å². The van der Waals surface area contributed by atoms with Crippen molar-refractivity contribution in [1.82, 2.24) is 15.5 Å². The van der Waals surface area contributed by atoms with Gasteiger partial charge in [0, 0.05) is 5.56 Å². The van der Waals surface area contributed by atoms with Gasteiger partial charge in [-0.3, -0.25) is 9.59 Å². The summed E-state index contributed by atoms with van der Waals surface area (Å²) in [6.07, 6.45) is -4.81. The molecule has 0 aliphatic rings. The molecule has 0 bridgehead atoms. The molecule has 146 valence electrons. The Bertz CT molecular complexity index is 871. The number of aliphatic hydroxyl groups is 1. The molecule has 0 aliphatic carbocycles. The minimum atomic E-state index is -4.81. The molecule has 0 saturated heterocycles. The molecule has 0 aliphatic heterocycles. The molecule has 1 heterocycles. The topological polar surface area (TPSA) is 104 Å². The molecule has 1 amide bonds. The van der Waals surface area contributed by atoms with Crippen LogP contribution < -0.4 is 15.6 Å². The molecule has 2 aromatic rings. The summed E-state index contributed by atoms with van der Waals surface area (Å²) in [6, 6.07) is 5.37. The fourth-order valence-corrected chi connectivity index (χ4v) is 2.00. The number of hydrogen-bond acceptors (Lipinski definition) is 5. The minimum Gasteiger partial charge on any atom is -0.406 e. The Morgan fingerprint density at radius 1 is 1.26 bits per heavy atom. The Kier molecular flexibility index (Phi) is 5.59. The number of halogens is 3. The van der Waals surface area contributed by atoms with Crippen LogP contribution in [0.2, 0.25) is 0 Å². The van der Waals surface area contributed by atoms with Gasteiger partial charge in [0.25, 0.3) is 11.5 Å². The number of ether oxygens (including phenoxy) is 1. The van der Waals surface area contributed by atoms with E-state index in [2.05, 4.69) is 20.3 Å². The maximum atomic E-state index is 12.3. The smallest absolute Gasteiger partial charge is 0.406 e. The Balaban J connectivity index is 2.27. The van der Waals surface area contributed by atoms with Crippen molar-refractivity contribution in [3.8, 4) is 17.0 Å². The lowest BCUT2D eigenvalue weighted by molar-refractivity contribution is -0.274. The SMILES string of the molecule is C[C@@H](NC(=O)c1cc(-c2ccc(OC(F)(F)F)cc2)n[nH]c1=O)C(C)(C)O. The minimum absolute atomic E-state index is 0.175. The summed E-state index contributed by atoms with van der Waals surface area (Å²) in [5.74, 6) is -1.13. The van der Waals surface area contributed by atoms with Gasteiger partial charge in [-0.25, -0.2) is 5.10 Å². The summed E-state index contributed by atoms with van der Waals surface area (Å²) >= 11 is 0. The lowest BCUT2D eigenvalue weighted by Gasteiger charge is -2.26. The summed E-state index contributed by atoms with van der Waals surface area (Å²) in [6.45, 7) is 4.59. The Morgan fingerprint density at radius 3 is 2.37 bits per heavy atom. The number of nitrogens with zero attached hydrogens (tertiary/aromatic N) is 1. The zero-order chi connectivity index (χ0) is 20.4. The van der Waals surface area contributed by atoms with E-state index in [1.54, 1.807) is 6.92 Å². The van der Waals surface area contributed by atoms with E-state index in [1.165, 1.54) is 32.0 Å². The lowest BCUT2D eigenvalue weighted by Crippen LogP contribution is -2.48. The van der Waals surface area contributed by atoms with Gasteiger partial charge in [-0.2, -0.15) is 5.10 Å². The predicted molar refractivity (Wildman–Crippen MR) is 90.2 cm³/mol. The van der Waals surface area contributed by atoms with Crippen LogP contribution in [0.5, 0.6) is 5.75 Å². The lowest BCUT2D eigenvalue weighted by atomic mass is 10.0. The van der Waals surface area contributed by atoms with E-state index in [1.807, 2.05) is 0 Å². The number of alkyl halides is 3. The van der Waals surface area contributed by atoms with Gasteiger partial charge in [0.05, 0.1) is 17.3 Å². The quantitative estimate of drug-likeness (QED) is 0.732. The van der Waals surface area contributed by atoms with Crippen molar-refractivity contribution in [1.29, 1.82) is 0 Å². The molecule has 0 saturated carbocycles. The van der Waals surface area contributed by atoms with Crippen molar-refractivity contribution in [3.05, 3.63) is 46.2 Å². The van der Waals surface area contributed by atoms with Crippen LogP contribution in [0.3, 0.4) is 0 Å². The highest BCUT2D eigenvalue weighted by Gasteiger charge is 2.31. The highest BCUT2D eigenvalue weighted by molar-refractivity contribution is 5.94. The first kappa shape index (κ1) is 20.4. The maximum Gasteiger partial charge on any atom is 0.573 e. The second-order valence-corrected chi connectivity index (χ2v) is 6.42. The van der Waals surface area contributed by atoms with Gasteiger partial charge in [0.1, 0.15) is 11.3 Å². The van der Waals surface area contributed by atoms with Gasteiger partial charge in [-0.05, 0) is 51.1 Å². The van der Waals surface area contributed by atoms with Crippen molar-refractivity contribution in [2.45, 2.75) is 38.8 Å². The summed E-state index contributed by atoms with van der Waals surface area (Å²) < 4.78 is 40.4. The van der Waals surface area contributed by atoms with E-state index in [0.29, 0.717) is 5.56 Å². The number of H-pyrrole nitrogens is 1. The van der Waals surface area contributed by atoms with Gasteiger partial charge >= 0.3 is 6.36 Å². The largest absolute Gasteiger partial charge is 0.573 e. The third-order valence-electron chi connectivity index (χ3n) is 3.84. The molecule has 7 nitrogen and oxygen atoms in total. The normalized spacial score (nSPS) is 13.1. The van der Waals surface area contributed by atoms with Crippen molar-refractivity contribution in [3.63, 3.8) is 0 Å². The number of aromatic amines is 1. The number of carbonyl (C=O) groups is 1. The van der Waals surface area contributed by atoms with Crippen molar-refractivity contribution in [2.75, 3.05) is 0 Å². The molecule has 0 spiro atoms. The van der Waals surface area contributed by atoms with Crippen LogP contribution in [0, 0.1) is 0 Å². The number of nitrogens with one attached hydrogen (secondary N) is 2. The first-order valence-electron chi connectivity index (χ1n) is 7.86. The maximum absolute atomic E-state index is 12.3. The number of hydrogen-bond donors (Lipinski definition) is 3. The zero-order valence-electron chi connectivity index (χ0n) is 14.7. The molecule has 2 rings (SSSR count). The Hall–Kier alpha value is -2.88. The second-order valence-electron chi connectivity index (χ2n) is 6.42. The van der Waals surface area contributed by atoms with E-state index >= 15 is 0 Å². The fourth-order valence-electron chi connectivity index (χ4n) is 2.00. The number of rotatable bonds is 5. The average Bonchev–Trinajstić information content (AvgIpc) is 2.53. The molecule has 1 aromatic carbocycles. The summed E-state index contributed by atoms with van der Waals surface area (Å²) in [4.78, 5) is 24.2. The summed E-state index contributed by atoms with van der Waals surface area (Å²) in [5.41, 5.74) is -1.64. The standard InChI is InChI=1S/C17H18F3N3O4/c1-9(16(2,3)26)21-14(24)12-8-13(22-23-15(12)25)10-4-6-11(7-5-10)27-17(18,19)20/h4-9,26H,1-3H3,(H,21,24)(H,23,25)/t9-/m1/s1. The van der Waals surface area contributed by atoms with Crippen LogP contribution in [0.1, 0.15) is 31.1 Å². The first-order valence-corrected chi connectivity index (χ1v) is 7.86. The highest BCUT2D eigenvalue weighted by atomic mass is 19.4. The van der Waals surface area contributed by atoms with E-state index < -0.39 is 35.2 Å². The van der Waals surface area contributed by atoms with Crippen LogP contribution in [0.4, 0.5) is 13.2 Å². The molecule has 3 N–H and O–H groups in total. The third kappa shape index (κ3) is 5.55. The second kappa shape index (κ2) is 7.39. The Labute approximate surface area is 152 Å². The molecule has 1 aromatic heterocycles. The molecule has 27 heavy (non-hydrogen) atoms. The number of amides is 1. The van der Waals surface area contributed by atoms with Crippen molar-refractivity contribution >= 4 is 5.91 Å².